The van der Waals surface area contributed by atoms with E-state index in [1.807, 2.05) is 13.2 Å². The number of nitrogens with two attached hydrogens (primary N) is 1. The molecule has 2 aliphatic heterocycles. The third kappa shape index (κ3) is 4.74. The van der Waals surface area contributed by atoms with Gasteiger partial charge in [0.2, 0.25) is 10.0 Å². The Morgan fingerprint density at radius 3 is 2.56 bits per heavy atom. The quantitative estimate of drug-likeness (QED) is 0.490. The summed E-state index contributed by atoms with van der Waals surface area (Å²) < 4.78 is 29.9. The first-order valence-electron chi connectivity index (χ1n) is 11.2. The highest BCUT2D eigenvalue weighted by Crippen LogP contribution is 2.28. The van der Waals surface area contributed by atoms with E-state index in [1.54, 1.807) is 15.8 Å². The third-order valence-electron chi connectivity index (χ3n) is 6.17. The molecule has 3 aromatic heterocycles. The van der Waals surface area contributed by atoms with E-state index in [0.717, 1.165) is 5.56 Å². The van der Waals surface area contributed by atoms with E-state index in [-0.39, 0.29) is 23.4 Å². The minimum atomic E-state index is -3.53. The summed E-state index contributed by atoms with van der Waals surface area (Å²) in [6.07, 6.45) is 4.68. The van der Waals surface area contributed by atoms with Gasteiger partial charge in [0.25, 0.3) is 5.91 Å². The number of hydrogen-bond acceptors (Lipinski definition) is 9. The molecule has 0 saturated carbocycles. The van der Waals surface area contributed by atoms with Gasteiger partial charge in [-0.25, -0.2) is 28.5 Å². The Labute approximate surface area is 196 Å². The molecule has 3 N–H and O–H groups in total. The largest absolute Gasteiger partial charge is 0.378 e. The van der Waals surface area contributed by atoms with Crippen LogP contribution in [0.2, 0.25) is 0 Å². The lowest BCUT2D eigenvalue weighted by atomic mass is 9.99. The Morgan fingerprint density at radius 1 is 1.18 bits per heavy atom. The Morgan fingerprint density at radius 2 is 1.91 bits per heavy atom. The fourth-order valence-corrected chi connectivity index (χ4v) is 5.42. The predicted octanol–water partition coefficient (Wildman–Crippen LogP) is -0.269. The van der Waals surface area contributed by atoms with Crippen molar-refractivity contribution < 1.29 is 17.9 Å². The Balaban J connectivity index is 1.44. The number of anilines is 1. The van der Waals surface area contributed by atoms with Crippen LogP contribution in [0.4, 0.5) is 5.82 Å². The molecule has 2 fully saturated rings. The number of aromatic nitrogens is 6. The van der Waals surface area contributed by atoms with Crippen LogP contribution in [0.15, 0.2) is 12.4 Å². The fourth-order valence-electron chi connectivity index (χ4n) is 4.43. The molecule has 0 unspecified atom stereocenters. The number of aryl methyl sites for hydroxylation is 1. The first kappa shape index (κ1) is 22.7. The van der Waals surface area contributed by atoms with Crippen molar-refractivity contribution in [3.05, 3.63) is 18.2 Å². The van der Waals surface area contributed by atoms with Gasteiger partial charge in [-0.2, -0.15) is 5.10 Å². The zero-order valence-corrected chi connectivity index (χ0v) is 19.7. The smallest absolute Gasteiger partial charge is 0.289 e. The van der Waals surface area contributed by atoms with Crippen molar-refractivity contribution in [2.45, 2.75) is 12.8 Å². The number of nitrogens with one attached hydrogen (secondary N) is 1. The van der Waals surface area contributed by atoms with Gasteiger partial charge in [-0.3, -0.25) is 9.48 Å². The summed E-state index contributed by atoms with van der Waals surface area (Å²) in [5.74, 6) is 0.975. The first-order chi connectivity index (χ1) is 16.3. The summed E-state index contributed by atoms with van der Waals surface area (Å²) in [5.41, 5.74) is 1.77. The van der Waals surface area contributed by atoms with E-state index in [2.05, 4.69) is 25.0 Å². The van der Waals surface area contributed by atoms with Gasteiger partial charge in [0.15, 0.2) is 28.6 Å². The van der Waals surface area contributed by atoms with Crippen LogP contribution in [0.5, 0.6) is 0 Å². The molecule has 0 aliphatic carbocycles. The average Bonchev–Trinajstić information content (AvgIpc) is 3.44. The molecule has 14 heteroatoms. The summed E-state index contributed by atoms with van der Waals surface area (Å²) in [6.45, 7) is 3.37. The van der Waals surface area contributed by atoms with Crippen LogP contribution in [0, 0.1) is 5.92 Å². The summed E-state index contributed by atoms with van der Waals surface area (Å²) in [5, 5.41) is 9.38. The normalized spacial score (nSPS) is 18.1. The van der Waals surface area contributed by atoms with Gasteiger partial charge >= 0.3 is 0 Å². The number of morpholine rings is 1. The molecule has 182 valence electrons. The minimum Gasteiger partial charge on any atom is -0.378 e. The van der Waals surface area contributed by atoms with Gasteiger partial charge in [-0.15, -0.1) is 0 Å². The molecule has 2 aliphatic rings. The zero-order valence-electron chi connectivity index (χ0n) is 18.8. The van der Waals surface area contributed by atoms with Gasteiger partial charge < -0.3 is 19.5 Å². The second-order valence-corrected chi connectivity index (χ2v) is 10.4. The minimum absolute atomic E-state index is 0.0458. The van der Waals surface area contributed by atoms with Gasteiger partial charge in [0, 0.05) is 39.4 Å². The molecule has 3 aromatic rings. The fraction of sp³-hybridized carbons (Fsp3) is 0.550. The first-order valence-corrected chi connectivity index (χ1v) is 12.9. The van der Waals surface area contributed by atoms with E-state index in [9.17, 15) is 13.2 Å². The topological polar surface area (TPSA) is 165 Å². The van der Waals surface area contributed by atoms with Gasteiger partial charge in [-0.1, -0.05) is 0 Å². The van der Waals surface area contributed by atoms with Crippen LogP contribution in [-0.2, 0) is 21.8 Å². The maximum absolute atomic E-state index is 13.2. The predicted molar refractivity (Wildman–Crippen MR) is 124 cm³/mol. The molecule has 34 heavy (non-hydrogen) atoms. The van der Waals surface area contributed by atoms with Crippen LogP contribution in [-0.4, -0.2) is 94.1 Å². The molecule has 5 heterocycles. The number of amides is 1. The molecule has 0 spiro atoms. The standard InChI is InChI=1S/C20H27N9O4S/c1-27-11-14(10-22-27)16-24-17-15(19(26-16)28-6-8-33-9-7-28)23-18(25-17)20(30)29-4-2-13(3-5-29)12-34(21,31)32/h10-11,13H,2-9,12H2,1H3,(H2,21,31,32)(H,23,24,25,26). The van der Waals surface area contributed by atoms with Crippen molar-refractivity contribution in [1.82, 2.24) is 34.6 Å². The second-order valence-electron chi connectivity index (χ2n) is 8.72. The molecule has 0 radical (unpaired) electrons. The Bertz CT molecular complexity index is 1300. The van der Waals surface area contributed by atoms with Gasteiger partial charge in [0.05, 0.1) is 30.7 Å². The Hall–Kier alpha value is -3.10. The highest BCUT2D eigenvalue weighted by molar-refractivity contribution is 7.89. The van der Waals surface area contributed by atoms with Crippen molar-refractivity contribution in [1.29, 1.82) is 0 Å². The van der Waals surface area contributed by atoms with Crippen molar-refractivity contribution >= 4 is 32.9 Å². The lowest BCUT2D eigenvalue weighted by molar-refractivity contribution is 0.0687. The number of piperidine rings is 1. The molecule has 0 atom stereocenters. The lowest BCUT2D eigenvalue weighted by Gasteiger charge is -2.30. The summed E-state index contributed by atoms with van der Waals surface area (Å²) in [4.78, 5) is 34.0. The number of fused-ring (bicyclic) bond motifs is 1. The monoisotopic (exact) mass is 489 g/mol. The highest BCUT2D eigenvalue weighted by Gasteiger charge is 2.29. The number of carbonyl (C=O) groups excluding carboxylic acids is 1. The number of sulfonamides is 1. The van der Waals surface area contributed by atoms with E-state index in [4.69, 9.17) is 14.9 Å². The average molecular weight is 490 g/mol. The SMILES string of the molecule is Cn1cc(-c2nc(N3CCOCC3)c3nc(C(=O)N4CCC(CS(N)(=O)=O)CC4)[nH]c3n2)cn1. The molecule has 0 aromatic carbocycles. The number of rotatable bonds is 5. The summed E-state index contributed by atoms with van der Waals surface area (Å²) in [6, 6.07) is 0. The maximum atomic E-state index is 13.2. The van der Waals surface area contributed by atoms with Crippen molar-refractivity contribution in [2.24, 2.45) is 18.1 Å². The second kappa shape index (κ2) is 8.92. The summed E-state index contributed by atoms with van der Waals surface area (Å²) in [7, 11) is -1.71. The number of H-pyrrole nitrogens is 1. The van der Waals surface area contributed by atoms with Gasteiger partial charge in [-0.05, 0) is 18.8 Å². The number of likely N-dealkylation sites (tertiary alicyclic amines) is 1. The van der Waals surface area contributed by atoms with Crippen LogP contribution in [0.3, 0.4) is 0 Å². The molecule has 13 nitrogen and oxygen atoms in total. The number of carbonyl (C=O) groups is 1. The lowest BCUT2D eigenvalue weighted by Crippen LogP contribution is -2.41. The number of imidazole rings is 1. The van der Waals surface area contributed by atoms with Crippen molar-refractivity contribution in [3.63, 3.8) is 0 Å². The maximum Gasteiger partial charge on any atom is 0.289 e. The van der Waals surface area contributed by atoms with E-state index in [0.29, 0.717) is 75.0 Å². The molecular weight excluding hydrogens is 462 g/mol. The highest BCUT2D eigenvalue weighted by atomic mass is 32.2. The molecule has 0 bridgehead atoms. The van der Waals surface area contributed by atoms with Crippen molar-refractivity contribution in [3.8, 4) is 11.4 Å². The molecule has 2 saturated heterocycles. The van der Waals surface area contributed by atoms with Crippen LogP contribution in [0.25, 0.3) is 22.6 Å². The number of primary sulfonamides is 1. The van der Waals surface area contributed by atoms with Gasteiger partial charge in [0.1, 0.15) is 0 Å². The molecule has 1 amide bonds. The van der Waals surface area contributed by atoms with Crippen LogP contribution >= 0.6 is 0 Å². The van der Waals surface area contributed by atoms with E-state index < -0.39 is 10.0 Å². The zero-order chi connectivity index (χ0) is 23.9. The van der Waals surface area contributed by atoms with E-state index in [1.165, 1.54) is 0 Å². The van der Waals surface area contributed by atoms with E-state index >= 15 is 0 Å². The number of hydrogen-bond donors (Lipinski definition) is 2. The molecule has 5 rings (SSSR count). The molecular formula is C20H27N9O4S. The third-order valence-corrected chi connectivity index (χ3v) is 7.11. The van der Waals surface area contributed by atoms with Crippen molar-refractivity contribution in [2.75, 3.05) is 50.0 Å². The summed E-state index contributed by atoms with van der Waals surface area (Å²) >= 11 is 0. The van der Waals surface area contributed by atoms with Crippen LogP contribution < -0.4 is 10.0 Å². The Kier molecular flexibility index (Phi) is 5.95. The van der Waals surface area contributed by atoms with Crippen LogP contribution in [0.1, 0.15) is 23.5 Å². The number of ether oxygens (including phenoxy) is 1. The number of aromatic amines is 1. The number of nitrogens with zero attached hydrogens (tertiary/aromatic N) is 7.